The van der Waals surface area contributed by atoms with E-state index in [0.29, 0.717) is 13.1 Å². The quantitative estimate of drug-likeness (QED) is 0.777. The number of piperazine rings is 1. The summed E-state index contributed by atoms with van der Waals surface area (Å²) in [5, 5.41) is 2.94. The van der Waals surface area contributed by atoms with Crippen LogP contribution in [0, 0.1) is 0 Å². The summed E-state index contributed by atoms with van der Waals surface area (Å²) in [5.41, 5.74) is 7.03. The standard InChI is InChI=1S/C17H28N4O/c1-15(18)7-8-19-17(22)14-21-11-9-20(10-12-21)13-16-5-3-2-4-6-16/h2-6,15H,7-14,18H2,1H3,(H,19,22). The van der Waals surface area contributed by atoms with Crippen LogP contribution in [0.5, 0.6) is 0 Å². The van der Waals surface area contributed by atoms with Crippen molar-refractivity contribution in [1.82, 2.24) is 15.1 Å². The second-order valence-corrected chi connectivity index (χ2v) is 6.15. The zero-order valence-corrected chi connectivity index (χ0v) is 13.5. The minimum Gasteiger partial charge on any atom is -0.355 e. The lowest BCUT2D eigenvalue weighted by molar-refractivity contribution is -0.122. The first-order chi connectivity index (χ1) is 10.6. The van der Waals surface area contributed by atoms with Gasteiger partial charge in [-0.15, -0.1) is 0 Å². The van der Waals surface area contributed by atoms with Gasteiger partial charge in [0.15, 0.2) is 0 Å². The van der Waals surface area contributed by atoms with Gasteiger partial charge in [0.25, 0.3) is 0 Å². The number of nitrogens with one attached hydrogen (secondary N) is 1. The summed E-state index contributed by atoms with van der Waals surface area (Å²) in [6.07, 6.45) is 0.830. The fraction of sp³-hybridized carbons (Fsp3) is 0.588. The number of benzene rings is 1. The molecule has 1 atom stereocenters. The third-order valence-electron chi connectivity index (χ3n) is 4.00. The van der Waals surface area contributed by atoms with E-state index in [-0.39, 0.29) is 11.9 Å². The van der Waals surface area contributed by atoms with Crippen molar-refractivity contribution in [2.45, 2.75) is 25.9 Å². The molecule has 122 valence electrons. The van der Waals surface area contributed by atoms with E-state index in [0.717, 1.165) is 39.1 Å². The van der Waals surface area contributed by atoms with Crippen molar-refractivity contribution in [2.75, 3.05) is 39.3 Å². The van der Waals surface area contributed by atoms with Crippen LogP contribution >= 0.6 is 0 Å². The Morgan fingerprint density at radius 3 is 2.45 bits per heavy atom. The van der Waals surface area contributed by atoms with Gasteiger partial charge in [0, 0.05) is 45.3 Å². The fourth-order valence-electron chi connectivity index (χ4n) is 2.65. The lowest BCUT2D eigenvalue weighted by atomic mass is 10.2. The lowest BCUT2D eigenvalue weighted by Crippen LogP contribution is -2.49. The van der Waals surface area contributed by atoms with Gasteiger partial charge in [0.1, 0.15) is 0 Å². The van der Waals surface area contributed by atoms with Gasteiger partial charge in [-0.25, -0.2) is 0 Å². The van der Waals surface area contributed by atoms with E-state index < -0.39 is 0 Å². The molecular formula is C17H28N4O. The first-order valence-electron chi connectivity index (χ1n) is 8.14. The Morgan fingerprint density at radius 1 is 1.18 bits per heavy atom. The van der Waals surface area contributed by atoms with Gasteiger partial charge in [-0.3, -0.25) is 14.6 Å². The summed E-state index contributed by atoms with van der Waals surface area (Å²) < 4.78 is 0. The van der Waals surface area contributed by atoms with Gasteiger partial charge < -0.3 is 11.1 Å². The Hall–Kier alpha value is -1.43. The molecule has 1 aliphatic heterocycles. The Kier molecular flexibility index (Phi) is 6.83. The van der Waals surface area contributed by atoms with Gasteiger partial charge in [0.05, 0.1) is 6.54 Å². The van der Waals surface area contributed by atoms with Crippen LogP contribution in [0.4, 0.5) is 0 Å². The summed E-state index contributed by atoms with van der Waals surface area (Å²) in [4.78, 5) is 16.5. The third kappa shape index (κ3) is 6.13. The molecule has 1 aromatic rings. The van der Waals surface area contributed by atoms with E-state index in [2.05, 4.69) is 39.4 Å². The number of nitrogens with zero attached hydrogens (tertiary/aromatic N) is 2. The van der Waals surface area contributed by atoms with E-state index in [9.17, 15) is 4.79 Å². The second kappa shape index (κ2) is 8.88. The highest BCUT2D eigenvalue weighted by molar-refractivity contribution is 5.77. The van der Waals surface area contributed by atoms with Gasteiger partial charge >= 0.3 is 0 Å². The zero-order valence-electron chi connectivity index (χ0n) is 13.5. The molecule has 0 spiro atoms. The second-order valence-electron chi connectivity index (χ2n) is 6.15. The molecule has 1 heterocycles. The number of amides is 1. The summed E-state index contributed by atoms with van der Waals surface area (Å²) in [6, 6.07) is 10.7. The number of hydrogen-bond acceptors (Lipinski definition) is 4. The van der Waals surface area contributed by atoms with Crippen molar-refractivity contribution in [1.29, 1.82) is 0 Å². The average Bonchev–Trinajstić information content (AvgIpc) is 2.50. The summed E-state index contributed by atoms with van der Waals surface area (Å²) in [6.45, 7) is 8.06. The molecule has 5 heteroatoms. The molecule has 5 nitrogen and oxygen atoms in total. The maximum Gasteiger partial charge on any atom is 0.234 e. The van der Waals surface area contributed by atoms with Crippen LogP contribution in [-0.4, -0.2) is 61.0 Å². The van der Waals surface area contributed by atoms with Crippen LogP contribution in [0.25, 0.3) is 0 Å². The van der Waals surface area contributed by atoms with Crippen LogP contribution in [0.3, 0.4) is 0 Å². The van der Waals surface area contributed by atoms with E-state index >= 15 is 0 Å². The molecule has 0 aromatic heterocycles. The minimum absolute atomic E-state index is 0.108. The van der Waals surface area contributed by atoms with Crippen molar-refractivity contribution >= 4 is 5.91 Å². The smallest absolute Gasteiger partial charge is 0.234 e. The summed E-state index contributed by atoms with van der Waals surface area (Å²) >= 11 is 0. The van der Waals surface area contributed by atoms with Crippen molar-refractivity contribution in [3.05, 3.63) is 35.9 Å². The van der Waals surface area contributed by atoms with Crippen molar-refractivity contribution in [3.8, 4) is 0 Å². The lowest BCUT2D eigenvalue weighted by Gasteiger charge is -2.34. The van der Waals surface area contributed by atoms with Gasteiger partial charge in [-0.05, 0) is 18.9 Å². The molecule has 1 saturated heterocycles. The van der Waals surface area contributed by atoms with E-state index in [1.807, 2.05) is 13.0 Å². The van der Waals surface area contributed by atoms with Gasteiger partial charge in [0.2, 0.25) is 5.91 Å². The Balaban J connectivity index is 1.63. The molecule has 22 heavy (non-hydrogen) atoms. The summed E-state index contributed by atoms with van der Waals surface area (Å²) in [7, 11) is 0. The minimum atomic E-state index is 0.108. The highest BCUT2D eigenvalue weighted by atomic mass is 16.2. The van der Waals surface area contributed by atoms with E-state index in [1.54, 1.807) is 0 Å². The van der Waals surface area contributed by atoms with Crippen LogP contribution < -0.4 is 11.1 Å². The average molecular weight is 304 g/mol. The third-order valence-corrected chi connectivity index (χ3v) is 4.00. The largest absolute Gasteiger partial charge is 0.355 e. The number of carbonyl (C=O) groups excluding carboxylic acids is 1. The molecule has 0 saturated carbocycles. The first kappa shape index (κ1) is 16.9. The molecular weight excluding hydrogens is 276 g/mol. The van der Waals surface area contributed by atoms with Crippen LogP contribution in [-0.2, 0) is 11.3 Å². The van der Waals surface area contributed by atoms with Crippen LogP contribution in [0.15, 0.2) is 30.3 Å². The number of carbonyl (C=O) groups is 1. The Bertz CT molecular complexity index is 441. The van der Waals surface area contributed by atoms with Crippen LogP contribution in [0.1, 0.15) is 18.9 Å². The molecule has 1 unspecified atom stereocenters. The van der Waals surface area contributed by atoms with E-state index in [4.69, 9.17) is 5.73 Å². The highest BCUT2D eigenvalue weighted by Gasteiger charge is 2.18. The van der Waals surface area contributed by atoms with Crippen molar-refractivity contribution < 1.29 is 4.79 Å². The number of hydrogen-bond donors (Lipinski definition) is 2. The molecule has 1 aromatic carbocycles. The van der Waals surface area contributed by atoms with Gasteiger partial charge in [-0.2, -0.15) is 0 Å². The first-order valence-corrected chi connectivity index (χ1v) is 8.14. The van der Waals surface area contributed by atoms with E-state index in [1.165, 1.54) is 5.56 Å². The molecule has 3 N–H and O–H groups in total. The molecule has 1 fully saturated rings. The zero-order chi connectivity index (χ0) is 15.8. The highest BCUT2D eigenvalue weighted by Crippen LogP contribution is 2.08. The summed E-state index contributed by atoms with van der Waals surface area (Å²) in [5.74, 6) is 0.108. The number of nitrogens with two attached hydrogens (primary N) is 1. The topological polar surface area (TPSA) is 61.6 Å². The maximum absolute atomic E-state index is 11.9. The maximum atomic E-state index is 11.9. The van der Waals surface area contributed by atoms with Crippen LogP contribution in [0.2, 0.25) is 0 Å². The monoisotopic (exact) mass is 304 g/mol. The Morgan fingerprint density at radius 2 is 1.82 bits per heavy atom. The molecule has 0 radical (unpaired) electrons. The van der Waals surface area contributed by atoms with Crippen molar-refractivity contribution in [3.63, 3.8) is 0 Å². The predicted molar refractivity (Wildman–Crippen MR) is 89.4 cm³/mol. The molecule has 0 bridgehead atoms. The molecule has 0 aliphatic carbocycles. The Labute approximate surface area is 133 Å². The van der Waals surface area contributed by atoms with Crippen molar-refractivity contribution in [2.24, 2.45) is 5.73 Å². The fourth-order valence-corrected chi connectivity index (χ4v) is 2.65. The predicted octanol–water partition coefficient (Wildman–Crippen LogP) is 0.658. The normalized spacial score (nSPS) is 18.1. The molecule has 1 amide bonds. The van der Waals surface area contributed by atoms with Gasteiger partial charge in [-0.1, -0.05) is 30.3 Å². The number of rotatable bonds is 7. The SMILES string of the molecule is CC(N)CCNC(=O)CN1CCN(Cc2ccccc2)CC1. The molecule has 2 rings (SSSR count). The molecule has 1 aliphatic rings.